The van der Waals surface area contributed by atoms with E-state index >= 15 is 0 Å². The molecule has 0 aliphatic heterocycles. The molecule has 0 bridgehead atoms. The summed E-state index contributed by atoms with van der Waals surface area (Å²) >= 11 is 7.80. The SMILES string of the molecule is Cc1ccc(-c2c(-c3ccc(S(N)(=O)=O)cc3)sc3ccccc3c2=O)cc1Cl. The largest absolute Gasteiger partial charge is 0.288 e. The van der Waals surface area contributed by atoms with Crippen LogP contribution in [0, 0.1) is 6.92 Å². The summed E-state index contributed by atoms with van der Waals surface area (Å²) in [6.07, 6.45) is 0. The van der Waals surface area contributed by atoms with Gasteiger partial charge in [-0.15, -0.1) is 11.3 Å². The lowest BCUT2D eigenvalue weighted by atomic mass is 9.99. The first kappa shape index (κ1) is 19.8. The van der Waals surface area contributed by atoms with E-state index in [9.17, 15) is 13.2 Å². The molecule has 1 aromatic heterocycles. The summed E-state index contributed by atoms with van der Waals surface area (Å²) < 4.78 is 24.0. The first-order chi connectivity index (χ1) is 13.8. The molecule has 146 valence electrons. The second-order valence-corrected chi connectivity index (χ2v) is 9.69. The van der Waals surface area contributed by atoms with Crippen LogP contribution in [0.25, 0.3) is 31.7 Å². The van der Waals surface area contributed by atoms with Gasteiger partial charge < -0.3 is 0 Å². The predicted octanol–water partition coefficient (Wildman–Crippen LogP) is 5.20. The maximum Gasteiger partial charge on any atom is 0.238 e. The van der Waals surface area contributed by atoms with Crippen molar-refractivity contribution in [3.05, 3.63) is 87.5 Å². The van der Waals surface area contributed by atoms with E-state index in [-0.39, 0.29) is 10.3 Å². The molecule has 0 aliphatic carbocycles. The van der Waals surface area contributed by atoms with Gasteiger partial charge in [0, 0.05) is 25.5 Å². The normalized spacial score (nSPS) is 11.7. The number of nitrogens with two attached hydrogens (primary N) is 1. The van der Waals surface area contributed by atoms with E-state index in [0.29, 0.717) is 16.0 Å². The summed E-state index contributed by atoms with van der Waals surface area (Å²) in [4.78, 5) is 14.2. The first-order valence-corrected chi connectivity index (χ1v) is 11.5. The third kappa shape index (κ3) is 3.72. The molecule has 1 heterocycles. The summed E-state index contributed by atoms with van der Waals surface area (Å²) in [5, 5.41) is 6.42. The van der Waals surface area contributed by atoms with Gasteiger partial charge >= 0.3 is 0 Å². The van der Waals surface area contributed by atoms with Gasteiger partial charge in [0.25, 0.3) is 0 Å². The monoisotopic (exact) mass is 441 g/mol. The highest BCUT2D eigenvalue weighted by Gasteiger charge is 2.17. The molecule has 3 aromatic carbocycles. The van der Waals surface area contributed by atoms with E-state index in [4.69, 9.17) is 16.7 Å². The minimum Gasteiger partial charge on any atom is -0.288 e. The molecule has 0 saturated carbocycles. The number of primary sulfonamides is 1. The van der Waals surface area contributed by atoms with E-state index in [1.165, 1.54) is 23.5 Å². The van der Waals surface area contributed by atoms with E-state index in [1.54, 1.807) is 24.3 Å². The fraction of sp³-hybridized carbons (Fsp3) is 0.0455. The van der Waals surface area contributed by atoms with Gasteiger partial charge in [-0.2, -0.15) is 0 Å². The number of halogens is 1. The van der Waals surface area contributed by atoms with E-state index in [2.05, 4.69) is 0 Å². The van der Waals surface area contributed by atoms with E-state index in [1.807, 2.05) is 37.3 Å². The van der Waals surface area contributed by atoms with Crippen molar-refractivity contribution in [1.82, 2.24) is 0 Å². The highest BCUT2D eigenvalue weighted by atomic mass is 35.5. The third-order valence-corrected chi connectivity index (χ3v) is 7.26. The zero-order valence-electron chi connectivity index (χ0n) is 15.3. The Kier molecular flexibility index (Phi) is 5.04. The van der Waals surface area contributed by atoms with Gasteiger partial charge in [-0.05, 0) is 53.9 Å². The summed E-state index contributed by atoms with van der Waals surface area (Å²) in [7, 11) is -3.79. The number of fused-ring (bicyclic) bond motifs is 1. The third-order valence-electron chi connectivity index (χ3n) is 4.70. The molecule has 4 nitrogen and oxygen atoms in total. The van der Waals surface area contributed by atoms with Crippen molar-refractivity contribution in [2.24, 2.45) is 5.14 Å². The molecule has 0 saturated heterocycles. The zero-order valence-corrected chi connectivity index (χ0v) is 17.7. The molecule has 0 fully saturated rings. The van der Waals surface area contributed by atoms with Crippen LogP contribution in [0.15, 0.2) is 76.4 Å². The van der Waals surface area contributed by atoms with Crippen molar-refractivity contribution in [2.75, 3.05) is 0 Å². The molecule has 0 atom stereocenters. The summed E-state index contributed by atoms with van der Waals surface area (Å²) in [5.74, 6) is 0. The van der Waals surface area contributed by atoms with Crippen LogP contribution in [0.3, 0.4) is 0 Å². The van der Waals surface area contributed by atoms with Crippen molar-refractivity contribution in [3.8, 4) is 21.6 Å². The first-order valence-electron chi connectivity index (χ1n) is 8.71. The maximum atomic E-state index is 13.4. The van der Waals surface area contributed by atoms with Crippen LogP contribution in [0.5, 0.6) is 0 Å². The van der Waals surface area contributed by atoms with Gasteiger partial charge in [0.05, 0.1) is 4.90 Å². The molecule has 4 aromatic rings. The summed E-state index contributed by atoms with van der Waals surface area (Å²) in [6, 6.07) is 19.2. The Hall–Kier alpha value is -2.51. The van der Waals surface area contributed by atoms with Crippen molar-refractivity contribution in [3.63, 3.8) is 0 Å². The quantitative estimate of drug-likeness (QED) is 0.474. The average Bonchev–Trinajstić information content (AvgIpc) is 2.70. The molecular formula is C22H16ClNO3S2. The van der Waals surface area contributed by atoms with Crippen LogP contribution in [0.4, 0.5) is 0 Å². The average molecular weight is 442 g/mol. The van der Waals surface area contributed by atoms with Crippen LogP contribution in [0.1, 0.15) is 5.56 Å². The lowest BCUT2D eigenvalue weighted by Crippen LogP contribution is -2.11. The molecule has 2 N–H and O–H groups in total. The molecule has 0 aliphatic rings. The predicted molar refractivity (Wildman–Crippen MR) is 120 cm³/mol. The number of sulfonamides is 1. The summed E-state index contributed by atoms with van der Waals surface area (Å²) in [6.45, 7) is 1.90. The molecule has 0 unspecified atom stereocenters. The minimum atomic E-state index is -3.79. The molecule has 7 heteroatoms. The van der Waals surface area contributed by atoms with Crippen LogP contribution < -0.4 is 10.6 Å². The van der Waals surface area contributed by atoms with Gasteiger partial charge in [0.2, 0.25) is 10.0 Å². The highest BCUT2D eigenvalue weighted by molar-refractivity contribution is 7.89. The standard InChI is InChI=1S/C22H16ClNO3S2/c1-13-6-7-15(12-18(13)23)20-21(25)17-4-2-3-5-19(17)28-22(20)14-8-10-16(11-9-14)29(24,26)27/h2-12H,1H3,(H2,24,26,27). The molecule has 29 heavy (non-hydrogen) atoms. The fourth-order valence-electron chi connectivity index (χ4n) is 3.15. The Balaban J connectivity index is 2.04. The number of hydrogen-bond donors (Lipinski definition) is 1. The topological polar surface area (TPSA) is 77.2 Å². The molecule has 0 amide bonds. The Bertz CT molecular complexity index is 1410. The van der Waals surface area contributed by atoms with Crippen LogP contribution >= 0.6 is 22.9 Å². The van der Waals surface area contributed by atoms with Crippen LogP contribution in [0.2, 0.25) is 5.02 Å². The molecule has 0 radical (unpaired) electrons. The number of benzene rings is 3. The lowest BCUT2D eigenvalue weighted by Gasteiger charge is -2.12. The smallest absolute Gasteiger partial charge is 0.238 e. The van der Waals surface area contributed by atoms with Crippen LogP contribution in [-0.2, 0) is 10.0 Å². The maximum absolute atomic E-state index is 13.4. The fourth-order valence-corrected chi connectivity index (χ4v) is 5.05. The van der Waals surface area contributed by atoms with E-state index < -0.39 is 10.0 Å². The molecule has 0 spiro atoms. The Morgan fingerprint density at radius 1 is 0.931 bits per heavy atom. The van der Waals surface area contributed by atoms with Gasteiger partial charge in [-0.25, -0.2) is 13.6 Å². The second kappa shape index (κ2) is 7.39. The van der Waals surface area contributed by atoms with Gasteiger partial charge in [-0.3, -0.25) is 4.79 Å². The summed E-state index contributed by atoms with van der Waals surface area (Å²) in [5.41, 5.74) is 2.82. The van der Waals surface area contributed by atoms with Gasteiger partial charge in [0.1, 0.15) is 0 Å². The van der Waals surface area contributed by atoms with Crippen LogP contribution in [-0.4, -0.2) is 8.42 Å². The Morgan fingerprint density at radius 2 is 1.59 bits per heavy atom. The lowest BCUT2D eigenvalue weighted by molar-refractivity contribution is 0.598. The van der Waals surface area contributed by atoms with Crippen molar-refractivity contribution < 1.29 is 8.42 Å². The number of aryl methyl sites for hydroxylation is 1. The molecular weight excluding hydrogens is 426 g/mol. The van der Waals surface area contributed by atoms with Crippen molar-refractivity contribution >= 4 is 43.0 Å². The number of hydrogen-bond acceptors (Lipinski definition) is 4. The van der Waals surface area contributed by atoms with E-state index in [0.717, 1.165) is 26.3 Å². The van der Waals surface area contributed by atoms with Crippen molar-refractivity contribution in [2.45, 2.75) is 11.8 Å². The zero-order chi connectivity index (χ0) is 20.8. The Morgan fingerprint density at radius 3 is 2.24 bits per heavy atom. The number of rotatable bonds is 3. The highest BCUT2D eigenvalue weighted by Crippen LogP contribution is 2.38. The van der Waals surface area contributed by atoms with Crippen molar-refractivity contribution in [1.29, 1.82) is 0 Å². The van der Waals surface area contributed by atoms with Gasteiger partial charge in [0.15, 0.2) is 5.43 Å². The second-order valence-electron chi connectivity index (χ2n) is 6.66. The molecule has 4 rings (SSSR count). The minimum absolute atomic E-state index is 0.0225. The Labute approximate surface area is 177 Å². The van der Waals surface area contributed by atoms with Gasteiger partial charge in [-0.1, -0.05) is 48.0 Å².